The van der Waals surface area contributed by atoms with Crippen molar-refractivity contribution in [3.05, 3.63) is 101 Å². The van der Waals surface area contributed by atoms with Gasteiger partial charge in [0, 0.05) is 11.6 Å². The Morgan fingerprint density at radius 3 is 2.48 bits per heavy atom. The molecule has 1 aliphatic rings. The number of hydrogen-bond donors (Lipinski definition) is 0. The molecule has 3 heterocycles. The summed E-state index contributed by atoms with van der Waals surface area (Å²) in [5, 5.41) is 0.359. The van der Waals surface area contributed by atoms with Crippen molar-refractivity contribution in [3.8, 4) is 22.8 Å². The van der Waals surface area contributed by atoms with Gasteiger partial charge in [-0.15, -0.1) is 0 Å². The van der Waals surface area contributed by atoms with Crippen LogP contribution in [0.25, 0.3) is 17.4 Å². The number of methoxy groups -OCH3 is 2. The minimum absolute atomic E-state index is 0.116. The highest BCUT2D eigenvalue weighted by Crippen LogP contribution is 2.37. The lowest BCUT2D eigenvalue weighted by molar-refractivity contribution is -0.143. The number of carbonyl (C=O) groups excluding carboxylic acids is 3. The largest absolute Gasteiger partial charge is 0.490 e. The van der Waals surface area contributed by atoms with Gasteiger partial charge < -0.3 is 28.1 Å². The first kappa shape index (κ1) is 34.2. The lowest BCUT2D eigenvalue weighted by atomic mass is 9.95. The van der Waals surface area contributed by atoms with Crippen molar-refractivity contribution in [2.24, 2.45) is 4.99 Å². The molecule has 0 N–H and O–H groups in total. The second kappa shape index (κ2) is 14.7. The first-order valence-electron chi connectivity index (χ1n) is 14.7. The number of fused-ring (bicyclic) bond motifs is 1. The number of halogens is 1. The number of nitrogens with zero attached hydrogens (tertiary/aromatic N) is 2. The summed E-state index contributed by atoms with van der Waals surface area (Å²) < 4.78 is 34.0. The first-order valence-corrected chi connectivity index (χ1v) is 15.9. The number of aromatic nitrogens is 1. The van der Waals surface area contributed by atoms with Crippen LogP contribution in [0.4, 0.5) is 0 Å². The molecule has 0 aliphatic carbocycles. The molecule has 2 aromatic carbocycles. The van der Waals surface area contributed by atoms with Gasteiger partial charge in [-0.25, -0.2) is 19.4 Å². The summed E-state index contributed by atoms with van der Waals surface area (Å²) in [5.41, 5.74) is 1.43. The van der Waals surface area contributed by atoms with E-state index in [2.05, 4.69) is 9.73 Å². The molecule has 2 aromatic heterocycles. The third kappa shape index (κ3) is 6.92. The number of allylic oxidation sites excluding steroid dienone is 1. The van der Waals surface area contributed by atoms with Crippen molar-refractivity contribution in [2.75, 3.05) is 34.0 Å². The fraction of sp³-hybridized carbons (Fsp3) is 0.265. The molecule has 48 heavy (non-hydrogen) atoms. The second-order valence-electron chi connectivity index (χ2n) is 10.2. The van der Waals surface area contributed by atoms with E-state index < -0.39 is 29.5 Å². The number of carbonyl (C=O) groups is 3. The maximum atomic E-state index is 14.1. The summed E-state index contributed by atoms with van der Waals surface area (Å²) in [6, 6.07) is 12.0. The van der Waals surface area contributed by atoms with Crippen LogP contribution >= 0.6 is 22.9 Å². The van der Waals surface area contributed by atoms with Gasteiger partial charge in [0.15, 0.2) is 22.9 Å². The fourth-order valence-corrected chi connectivity index (χ4v) is 6.29. The van der Waals surface area contributed by atoms with Gasteiger partial charge in [0.05, 0.1) is 59.9 Å². The van der Waals surface area contributed by atoms with Gasteiger partial charge >= 0.3 is 17.9 Å². The summed E-state index contributed by atoms with van der Waals surface area (Å²) >= 11 is 7.53. The maximum absolute atomic E-state index is 14.1. The highest BCUT2D eigenvalue weighted by Gasteiger charge is 2.34. The van der Waals surface area contributed by atoms with E-state index in [4.69, 9.17) is 35.0 Å². The third-order valence-electron chi connectivity index (χ3n) is 7.23. The number of benzene rings is 2. The van der Waals surface area contributed by atoms with Crippen LogP contribution in [0.5, 0.6) is 11.5 Å². The van der Waals surface area contributed by atoms with Crippen LogP contribution in [0, 0.1) is 0 Å². The zero-order chi connectivity index (χ0) is 34.5. The minimum atomic E-state index is -0.927. The quantitative estimate of drug-likeness (QED) is 0.163. The topological polar surface area (TPSA) is 145 Å². The lowest BCUT2D eigenvalue weighted by Gasteiger charge is -2.25. The molecule has 0 saturated carbocycles. The molecule has 0 fully saturated rings. The van der Waals surface area contributed by atoms with E-state index in [-0.39, 0.29) is 35.7 Å². The lowest BCUT2D eigenvalue weighted by Crippen LogP contribution is -2.40. The highest BCUT2D eigenvalue weighted by molar-refractivity contribution is 7.07. The Kier molecular flexibility index (Phi) is 10.5. The molecule has 0 saturated heterocycles. The van der Waals surface area contributed by atoms with Gasteiger partial charge in [0.2, 0.25) is 0 Å². The normalized spacial score (nSPS) is 14.2. The van der Waals surface area contributed by atoms with Gasteiger partial charge in [-0.05, 0) is 68.8 Å². The zero-order valence-corrected chi connectivity index (χ0v) is 28.2. The summed E-state index contributed by atoms with van der Waals surface area (Å²) in [5.74, 6) is -0.411. The molecule has 1 atom stereocenters. The second-order valence-corrected chi connectivity index (χ2v) is 11.6. The van der Waals surface area contributed by atoms with Crippen LogP contribution in [-0.2, 0) is 23.8 Å². The van der Waals surface area contributed by atoms with Crippen molar-refractivity contribution in [1.82, 2.24) is 4.57 Å². The Bertz CT molecular complexity index is 2110. The molecule has 14 heteroatoms. The Balaban J connectivity index is 1.61. The Hall–Kier alpha value is -5.14. The first-order chi connectivity index (χ1) is 23.1. The average molecular weight is 695 g/mol. The Labute approximate surface area is 283 Å². The third-order valence-corrected chi connectivity index (χ3v) is 8.54. The van der Waals surface area contributed by atoms with Gasteiger partial charge in [-0.3, -0.25) is 9.36 Å². The molecular weight excluding hydrogens is 664 g/mol. The molecule has 5 rings (SSSR count). The number of thiazole rings is 1. The maximum Gasteiger partial charge on any atom is 0.343 e. The summed E-state index contributed by atoms with van der Waals surface area (Å²) in [6.45, 7) is 5.22. The van der Waals surface area contributed by atoms with Gasteiger partial charge in [0.25, 0.3) is 5.56 Å². The van der Waals surface area contributed by atoms with Crippen LogP contribution in [0.2, 0.25) is 5.02 Å². The SMILES string of the molecule is CCOC(=O)C1=C(C)N=c2s/c(=C\c3ccc(-c4cc(C(=O)OC)ccc4Cl)o3)c(=O)n2[C@H]1c1ccc(OCC(=O)OC)c(OCC)c1. The van der Waals surface area contributed by atoms with Crippen molar-refractivity contribution in [3.63, 3.8) is 0 Å². The van der Waals surface area contributed by atoms with Gasteiger partial charge in [0.1, 0.15) is 11.5 Å². The van der Waals surface area contributed by atoms with E-state index in [1.807, 2.05) is 0 Å². The van der Waals surface area contributed by atoms with Crippen molar-refractivity contribution in [1.29, 1.82) is 0 Å². The summed E-state index contributed by atoms with van der Waals surface area (Å²) in [7, 11) is 2.54. The Morgan fingerprint density at radius 2 is 1.77 bits per heavy atom. The molecule has 250 valence electrons. The molecule has 0 radical (unpaired) electrons. The van der Waals surface area contributed by atoms with E-state index in [1.165, 1.54) is 18.8 Å². The van der Waals surface area contributed by atoms with Crippen LogP contribution in [0.1, 0.15) is 48.5 Å². The van der Waals surface area contributed by atoms with E-state index >= 15 is 0 Å². The minimum Gasteiger partial charge on any atom is -0.490 e. The number of esters is 3. The van der Waals surface area contributed by atoms with E-state index in [0.717, 1.165) is 11.3 Å². The van der Waals surface area contributed by atoms with Gasteiger partial charge in [-0.2, -0.15) is 0 Å². The monoisotopic (exact) mass is 694 g/mol. The summed E-state index contributed by atoms with van der Waals surface area (Å²) in [6.07, 6.45) is 1.57. The number of hydrogen-bond acceptors (Lipinski definition) is 12. The highest BCUT2D eigenvalue weighted by atomic mass is 35.5. The van der Waals surface area contributed by atoms with E-state index in [0.29, 0.717) is 49.5 Å². The van der Waals surface area contributed by atoms with Gasteiger partial charge in [-0.1, -0.05) is 29.0 Å². The molecule has 12 nitrogen and oxygen atoms in total. The number of furan rings is 1. The van der Waals surface area contributed by atoms with Crippen LogP contribution < -0.4 is 24.4 Å². The predicted molar refractivity (Wildman–Crippen MR) is 176 cm³/mol. The number of rotatable bonds is 11. The molecule has 0 unspecified atom stereocenters. The molecular formula is C34H31ClN2O10S. The van der Waals surface area contributed by atoms with Crippen molar-refractivity contribution >= 4 is 46.9 Å². The molecule has 0 bridgehead atoms. The van der Waals surface area contributed by atoms with Crippen molar-refractivity contribution in [2.45, 2.75) is 26.8 Å². The predicted octanol–water partition coefficient (Wildman–Crippen LogP) is 4.45. The summed E-state index contributed by atoms with van der Waals surface area (Å²) in [4.78, 5) is 56.1. The molecule has 1 aliphatic heterocycles. The van der Waals surface area contributed by atoms with E-state index in [1.54, 1.807) is 75.4 Å². The number of ether oxygens (including phenoxy) is 5. The molecule has 0 amide bonds. The van der Waals surface area contributed by atoms with E-state index in [9.17, 15) is 19.2 Å². The molecule has 0 spiro atoms. The zero-order valence-electron chi connectivity index (χ0n) is 26.7. The standard InChI is InChI=1S/C34H31ClN2O10S/c1-6-44-26-15-19(9-12-25(26)46-17-28(38)42-4)30-29(33(41)45-7-2)18(3)36-34-37(30)31(39)27(48-34)16-21-10-13-24(47-21)22-14-20(32(40)43-5)8-11-23(22)35/h8-16,30H,6-7,17H2,1-5H3/b27-16-/t30-/m0/s1. The van der Waals surface area contributed by atoms with Crippen LogP contribution in [-0.4, -0.2) is 56.5 Å². The smallest absolute Gasteiger partial charge is 0.343 e. The van der Waals surface area contributed by atoms with Crippen molar-refractivity contribution < 1.29 is 42.5 Å². The van der Waals surface area contributed by atoms with Crippen LogP contribution in [0.15, 0.2) is 74.0 Å². The van der Waals surface area contributed by atoms with Crippen LogP contribution in [0.3, 0.4) is 0 Å². The molecule has 4 aromatic rings. The Morgan fingerprint density at radius 1 is 0.979 bits per heavy atom. The fourth-order valence-electron chi connectivity index (χ4n) is 5.05. The average Bonchev–Trinajstić information content (AvgIpc) is 3.66.